The summed E-state index contributed by atoms with van der Waals surface area (Å²) >= 11 is 1.56. The Morgan fingerprint density at radius 1 is 0.938 bits per heavy atom. The number of hydrogen-bond donors (Lipinski definition) is 1. The Kier molecular flexibility index (Phi) is 5.73. The smallest absolute Gasteiger partial charge is 0.275 e. The van der Waals surface area contributed by atoms with E-state index >= 15 is 0 Å². The van der Waals surface area contributed by atoms with Crippen molar-refractivity contribution in [3.63, 3.8) is 0 Å². The topological polar surface area (TPSA) is 67.2 Å². The van der Waals surface area contributed by atoms with Gasteiger partial charge in [0, 0.05) is 29.9 Å². The lowest BCUT2D eigenvalue weighted by molar-refractivity contribution is -0.117. The first-order chi connectivity index (χ1) is 15.7. The Morgan fingerprint density at radius 3 is 2.41 bits per heavy atom. The van der Waals surface area contributed by atoms with E-state index in [9.17, 15) is 9.59 Å². The van der Waals surface area contributed by atoms with Crippen molar-refractivity contribution in [2.24, 2.45) is 0 Å². The normalized spacial score (nSPS) is 13.9. The summed E-state index contributed by atoms with van der Waals surface area (Å²) in [7, 11) is 0. The van der Waals surface area contributed by atoms with Crippen LogP contribution in [0.25, 0.3) is 21.3 Å². The molecule has 0 aliphatic carbocycles. The van der Waals surface area contributed by atoms with Gasteiger partial charge in [0.15, 0.2) is 0 Å². The van der Waals surface area contributed by atoms with Gasteiger partial charge < -0.3 is 10.2 Å². The first kappa shape index (κ1) is 20.5. The van der Waals surface area contributed by atoms with Crippen molar-refractivity contribution in [1.29, 1.82) is 0 Å². The molecular formula is C25H24N4O2S. The molecule has 0 unspecified atom stereocenters. The molecule has 0 bridgehead atoms. The number of nitrogens with zero attached hydrogens (tertiary/aromatic N) is 3. The molecule has 1 N–H and O–H groups in total. The van der Waals surface area contributed by atoms with E-state index in [4.69, 9.17) is 0 Å². The van der Waals surface area contributed by atoms with Gasteiger partial charge in [-0.15, -0.1) is 11.3 Å². The third-order valence-corrected chi connectivity index (χ3v) is 6.66. The standard InChI is InChI=1S/C25H24N4O2S/c30-23(26-18-10-12-19(13-11-18)28-14-4-1-5-15-28)17-29-25(31)21-8-3-2-7-20(21)24(27-29)22-9-6-16-32-22/h2-3,6-13,16H,1,4-5,14-15,17H2,(H,26,30). The molecule has 0 spiro atoms. The van der Waals surface area contributed by atoms with E-state index in [0.717, 1.165) is 23.4 Å². The fraction of sp³-hybridized carbons (Fsp3) is 0.240. The first-order valence-electron chi connectivity index (χ1n) is 10.9. The molecule has 3 heterocycles. The summed E-state index contributed by atoms with van der Waals surface area (Å²) in [6, 6.07) is 19.2. The lowest BCUT2D eigenvalue weighted by Crippen LogP contribution is -2.30. The van der Waals surface area contributed by atoms with Gasteiger partial charge in [0.05, 0.1) is 10.3 Å². The molecule has 1 fully saturated rings. The Balaban J connectivity index is 1.37. The minimum absolute atomic E-state index is 0.143. The van der Waals surface area contributed by atoms with E-state index in [1.165, 1.54) is 29.6 Å². The lowest BCUT2D eigenvalue weighted by atomic mass is 10.1. The van der Waals surface area contributed by atoms with Gasteiger partial charge >= 0.3 is 0 Å². The zero-order chi connectivity index (χ0) is 21.9. The van der Waals surface area contributed by atoms with Gasteiger partial charge in [-0.25, -0.2) is 4.68 Å². The van der Waals surface area contributed by atoms with Crippen molar-refractivity contribution in [3.05, 3.63) is 76.4 Å². The summed E-state index contributed by atoms with van der Waals surface area (Å²) in [6.07, 6.45) is 3.74. The summed E-state index contributed by atoms with van der Waals surface area (Å²) in [6.45, 7) is 2.01. The van der Waals surface area contributed by atoms with Crippen LogP contribution in [0.4, 0.5) is 11.4 Å². The van der Waals surface area contributed by atoms with Crippen molar-refractivity contribution >= 4 is 39.4 Å². The number of fused-ring (bicyclic) bond motifs is 1. The molecule has 5 rings (SSSR count). The second-order valence-corrected chi connectivity index (χ2v) is 8.92. The van der Waals surface area contributed by atoms with Crippen molar-refractivity contribution in [2.75, 3.05) is 23.3 Å². The van der Waals surface area contributed by atoms with Crippen LogP contribution in [0.1, 0.15) is 19.3 Å². The van der Waals surface area contributed by atoms with E-state index in [1.54, 1.807) is 17.4 Å². The Bertz CT molecular complexity index is 1290. The van der Waals surface area contributed by atoms with E-state index < -0.39 is 0 Å². The minimum Gasteiger partial charge on any atom is -0.372 e. The second kappa shape index (κ2) is 8.96. The third-order valence-electron chi connectivity index (χ3n) is 5.79. The van der Waals surface area contributed by atoms with Crippen LogP contribution in [-0.4, -0.2) is 28.8 Å². The number of benzene rings is 2. The van der Waals surface area contributed by atoms with Gasteiger partial charge in [0.2, 0.25) is 5.91 Å². The van der Waals surface area contributed by atoms with Gasteiger partial charge in [-0.3, -0.25) is 9.59 Å². The number of carbonyl (C=O) groups excluding carboxylic acids is 1. The predicted octanol–water partition coefficient (Wildman–Crippen LogP) is 4.75. The van der Waals surface area contributed by atoms with Gasteiger partial charge in [0.25, 0.3) is 5.56 Å². The molecule has 1 amide bonds. The molecule has 0 saturated carbocycles. The number of hydrogen-bond acceptors (Lipinski definition) is 5. The highest BCUT2D eigenvalue weighted by Gasteiger charge is 2.15. The van der Waals surface area contributed by atoms with Crippen LogP contribution in [0, 0.1) is 0 Å². The number of carbonyl (C=O) groups is 1. The van der Waals surface area contributed by atoms with Crippen molar-refractivity contribution in [2.45, 2.75) is 25.8 Å². The molecule has 7 heteroatoms. The van der Waals surface area contributed by atoms with Crippen molar-refractivity contribution in [1.82, 2.24) is 9.78 Å². The number of piperidine rings is 1. The van der Waals surface area contributed by atoms with Crippen molar-refractivity contribution in [3.8, 4) is 10.6 Å². The molecule has 2 aromatic carbocycles. The van der Waals surface area contributed by atoms with Crippen LogP contribution in [0.3, 0.4) is 0 Å². The molecule has 2 aromatic heterocycles. The van der Waals surface area contributed by atoms with Crippen LogP contribution >= 0.6 is 11.3 Å². The maximum absolute atomic E-state index is 13.0. The molecule has 6 nitrogen and oxygen atoms in total. The maximum atomic E-state index is 13.0. The van der Waals surface area contributed by atoms with E-state index in [2.05, 4.69) is 15.3 Å². The fourth-order valence-electron chi connectivity index (χ4n) is 4.18. The van der Waals surface area contributed by atoms with Gasteiger partial charge in [-0.05, 0) is 61.0 Å². The highest BCUT2D eigenvalue weighted by atomic mass is 32.1. The number of rotatable bonds is 5. The Morgan fingerprint density at radius 2 is 1.69 bits per heavy atom. The second-order valence-electron chi connectivity index (χ2n) is 7.98. The maximum Gasteiger partial charge on any atom is 0.275 e. The third kappa shape index (κ3) is 4.16. The van der Waals surface area contributed by atoms with Crippen LogP contribution < -0.4 is 15.8 Å². The molecule has 0 atom stereocenters. The summed E-state index contributed by atoms with van der Waals surface area (Å²) in [5.74, 6) is -0.280. The van der Waals surface area contributed by atoms with Crippen molar-refractivity contribution < 1.29 is 4.79 Å². The van der Waals surface area contributed by atoms with E-state index in [-0.39, 0.29) is 18.0 Å². The molecule has 1 aliphatic rings. The summed E-state index contributed by atoms with van der Waals surface area (Å²) in [5, 5.41) is 10.8. The molecule has 32 heavy (non-hydrogen) atoms. The highest BCUT2D eigenvalue weighted by Crippen LogP contribution is 2.28. The van der Waals surface area contributed by atoms with Crippen LogP contribution in [-0.2, 0) is 11.3 Å². The Labute approximate surface area is 190 Å². The number of aromatic nitrogens is 2. The highest BCUT2D eigenvalue weighted by molar-refractivity contribution is 7.13. The van der Waals surface area contributed by atoms with Crippen LogP contribution in [0.5, 0.6) is 0 Å². The molecule has 4 aromatic rings. The minimum atomic E-state index is -0.280. The monoisotopic (exact) mass is 444 g/mol. The number of nitrogens with one attached hydrogen (secondary N) is 1. The average Bonchev–Trinajstić information content (AvgIpc) is 3.37. The molecule has 162 valence electrons. The first-order valence-corrected chi connectivity index (χ1v) is 11.8. The number of thiophene rings is 1. The zero-order valence-electron chi connectivity index (χ0n) is 17.7. The average molecular weight is 445 g/mol. The fourth-order valence-corrected chi connectivity index (χ4v) is 4.91. The van der Waals surface area contributed by atoms with Gasteiger partial charge in [0.1, 0.15) is 12.2 Å². The van der Waals surface area contributed by atoms with Gasteiger partial charge in [-0.1, -0.05) is 24.3 Å². The van der Waals surface area contributed by atoms with Crippen LogP contribution in [0.15, 0.2) is 70.8 Å². The van der Waals surface area contributed by atoms with E-state index in [1.807, 2.05) is 60.0 Å². The van der Waals surface area contributed by atoms with Crippen LogP contribution in [0.2, 0.25) is 0 Å². The summed E-state index contributed by atoms with van der Waals surface area (Å²) < 4.78 is 1.26. The largest absolute Gasteiger partial charge is 0.372 e. The molecule has 0 radical (unpaired) electrons. The molecular weight excluding hydrogens is 420 g/mol. The number of amides is 1. The summed E-state index contributed by atoms with van der Waals surface area (Å²) in [4.78, 5) is 29.0. The predicted molar refractivity (Wildman–Crippen MR) is 130 cm³/mol. The number of anilines is 2. The zero-order valence-corrected chi connectivity index (χ0v) is 18.5. The van der Waals surface area contributed by atoms with Gasteiger partial charge in [-0.2, -0.15) is 5.10 Å². The van der Waals surface area contributed by atoms with E-state index in [0.29, 0.717) is 16.8 Å². The molecule has 1 saturated heterocycles. The summed E-state index contributed by atoms with van der Waals surface area (Å²) in [5.41, 5.74) is 2.34. The SMILES string of the molecule is O=C(Cn1nc(-c2cccs2)c2ccccc2c1=O)Nc1ccc(N2CCCCC2)cc1. The quantitative estimate of drug-likeness (QED) is 0.482. The lowest BCUT2D eigenvalue weighted by Gasteiger charge is -2.28. The molecule has 1 aliphatic heterocycles. The Hall–Kier alpha value is -3.45.